The number of nitrogens with zero attached hydrogens (tertiary/aromatic N) is 2. The molecule has 0 unspecified atom stereocenters. The molecule has 1 aliphatic heterocycles. The van der Waals surface area contributed by atoms with Crippen molar-refractivity contribution < 1.29 is 9.53 Å². The number of methoxy groups -OCH3 is 1. The van der Waals surface area contributed by atoms with Crippen molar-refractivity contribution >= 4 is 29.1 Å². The Morgan fingerprint density at radius 3 is 2.74 bits per heavy atom. The number of carbonyl (C=O) groups is 1. The molecule has 2 fully saturated rings. The quantitative estimate of drug-likeness (QED) is 0.519. The molecule has 184 valence electrons. The Morgan fingerprint density at radius 1 is 1.24 bits per heavy atom. The zero-order chi connectivity index (χ0) is 24.2. The van der Waals surface area contributed by atoms with Gasteiger partial charge < -0.3 is 19.5 Å². The molecule has 2 aromatic rings. The van der Waals surface area contributed by atoms with Crippen LogP contribution in [0.15, 0.2) is 35.3 Å². The first kappa shape index (κ1) is 25.2. The lowest BCUT2D eigenvalue weighted by molar-refractivity contribution is -0.138. The Morgan fingerprint density at radius 2 is 2.03 bits per heavy atom. The summed E-state index contributed by atoms with van der Waals surface area (Å²) >= 11 is 13.1. The lowest BCUT2D eigenvalue weighted by atomic mass is 9.80. The van der Waals surface area contributed by atoms with Crippen molar-refractivity contribution in [3.05, 3.63) is 67.6 Å². The number of halogens is 2. The SMILES string of the molecule is COCCCc1cc(Cl)c(Cl)c(CN(C(=O)[C@@H]2CNCC[C@H]2c2ccn(C)c(=O)c2)C2CC2)c1. The van der Waals surface area contributed by atoms with E-state index in [1.165, 1.54) is 0 Å². The van der Waals surface area contributed by atoms with Crippen LogP contribution in [0.3, 0.4) is 0 Å². The van der Waals surface area contributed by atoms with Gasteiger partial charge in [-0.05, 0) is 73.4 Å². The first-order chi connectivity index (χ1) is 16.4. The molecule has 1 saturated heterocycles. The summed E-state index contributed by atoms with van der Waals surface area (Å²) in [4.78, 5) is 28.2. The molecular weight excluding hydrogens is 473 g/mol. The Bertz CT molecular complexity index is 1080. The number of piperidine rings is 1. The maximum atomic E-state index is 13.9. The maximum absolute atomic E-state index is 13.9. The first-order valence-electron chi connectivity index (χ1n) is 12.0. The van der Waals surface area contributed by atoms with E-state index in [-0.39, 0.29) is 29.3 Å². The summed E-state index contributed by atoms with van der Waals surface area (Å²) < 4.78 is 6.73. The van der Waals surface area contributed by atoms with Crippen LogP contribution in [-0.4, -0.2) is 48.2 Å². The number of nitrogens with one attached hydrogen (secondary N) is 1. The van der Waals surface area contributed by atoms with E-state index < -0.39 is 0 Å². The molecule has 8 heteroatoms. The molecule has 0 radical (unpaired) electrons. The van der Waals surface area contributed by atoms with Gasteiger partial charge in [-0.15, -0.1) is 0 Å². The number of pyridine rings is 1. The molecule has 2 heterocycles. The fraction of sp³-hybridized carbons (Fsp3) is 0.538. The topological polar surface area (TPSA) is 63.6 Å². The van der Waals surface area contributed by atoms with E-state index in [1.54, 1.807) is 31.0 Å². The van der Waals surface area contributed by atoms with Crippen molar-refractivity contribution in [2.75, 3.05) is 26.8 Å². The number of ether oxygens (including phenoxy) is 1. The average Bonchev–Trinajstić information content (AvgIpc) is 3.67. The van der Waals surface area contributed by atoms with Gasteiger partial charge >= 0.3 is 0 Å². The fourth-order valence-electron chi connectivity index (χ4n) is 4.87. The summed E-state index contributed by atoms with van der Waals surface area (Å²) in [5, 5.41) is 4.42. The smallest absolute Gasteiger partial charge is 0.250 e. The molecule has 1 aliphatic carbocycles. The van der Waals surface area contributed by atoms with E-state index >= 15 is 0 Å². The third-order valence-corrected chi connectivity index (χ3v) is 7.79. The number of hydrogen-bond donors (Lipinski definition) is 1. The third kappa shape index (κ3) is 5.85. The standard InChI is InChI=1S/C26H33Cl2N3O3/c1-30-10-8-18(14-24(30)32)21-7-9-29-15-22(21)26(33)31(20-5-6-20)16-19-12-17(4-3-11-34-2)13-23(27)25(19)28/h8,10,12-14,20-22,29H,3-7,9,11,15-16H2,1-2H3/t21-,22+/m0/s1. The van der Waals surface area contributed by atoms with Crippen LogP contribution in [0.1, 0.15) is 48.3 Å². The van der Waals surface area contributed by atoms with Gasteiger partial charge in [-0.3, -0.25) is 9.59 Å². The average molecular weight is 506 g/mol. The van der Waals surface area contributed by atoms with E-state index in [1.807, 2.05) is 17.0 Å². The van der Waals surface area contributed by atoms with Crippen molar-refractivity contribution in [2.45, 2.75) is 50.6 Å². The van der Waals surface area contributed by atoms with Crippen molar-refractivity contribution in [1.82, 2.24) is 14.8 Å². The second-order valence-electron chi connectivity index (χ2n) is 9.46. The largest absolute Gasteiger partial charge is 0.385 e. The Balaban J connectivity index is 1.58. The minimum absolute atomic E-state index is 0.0170. The van der Waals surface area contributed by atoms with Crippen LogP contribution in [0.2, 0.25) is 10.0 Å². The normalized spacial score (nSPS) is 20.4. The van der Waals surface area contributed by atoms with E-state index in [9.17, 15) is 9.59 Å². The zero-order valence-electron chi connectivity index (χ0n) is 19.9. The Kier molecular flexibility index (Phi) is 8.35. The molecule has 1 amide bonds. The maximum Gasteiger partial charge on any atom is 0.250 e. The summed E-state index contributed by atoms with van der Waals surface area (Å²) in [5.41, 5.74) is 2.88. The first-order valence-corrected chi connectivity index (χ1v) is 12.8. The molecule has 1 aromatic heterocycles. The number of rotatable bonds is 9. The molecule has 4 rings (SSSR count). The van der Waals surface area contributed by atoms with Crippen LogP contribution in [0, 0.1) is 5.92 Å². The van der Waals surface area contributed by atoms with Crippen LogP contribution in [0.25, 0.3) is 0 Å². The Hall–Kier alpha value is -1.86. The molecule has 1 aromatic carbocycles. The lowest BCUT2D eigenvalue weighted by Gasteiger charge is -2.36. The molecule has 0 bridgehead atoms. The molecular formula is C26H33Cl2N3O3. The number of carbonyl (C=O) groups excluding carboxylic acids is 1. The Labute approximate surface area is 211 Å². The number of aryl methyl sites for hydroxylation is 2. The number of amides is 1. The molecule has 1 saturated carbocycles. The highest BCUT2D eigenvalue weighted by atomic mass is 35.5. The van der Waals surface area contributed by atoms with Crippen molar-refractivity contribution in [2.24, 2.45) is 13.0 Å². The van der Waals surface area contributed by atoms with Crippen LogP contribution < -0.4 is 10.9 Å². The van der Waals surface area contributed by atoms with E-state index in [2.05, 4.69) is 11.4 Å². The zero-order valence-corrected chi connectivity index (χ0v) is 21.4. The van der Waals surface area contributed by atoms with Gasteiger partial charge in [0.05, 0.1) is 16.0 Å². The molecule has 2 aliphatic rings. The van der Waals surface area contributed by atoms with Crippen molar-refractivity contribution in [3.8, 4) is 0 Å². The number of aromatic nitrogens is 1. The van der Waals surface area contributed by atoms with Gasteiger partial charge in [0, 0.05) is 52.2 Å². The molecule has 1 N–H and O–H groups in total. The third-order valence-electron chi connectivity index (χ3n) is 6.94. The predicted molar refractivity (Wildman–Crippen MR) is 136 cm³/mol. The van der Waals surface area contributed by atoms with E-state index in [0.29, 0.717) is 29.7 Å². The van der Waals surface area contributed by atoms with Gasteiger partial charge in [0.25, 0.3) is 5.56 Å². The van der Waals surface area contributed by atoms with Gasteiger partial charge in [-0.1, -0.05) is 29.3 Å². The minimum atomic E-state index is -0.222. The van der Waals surface area contributed by atoms with Gasteiger partial charge in [0.1, 0.15) is 0 Å². The molecule has 0 spiro atoms. The molecule has 6 nitrogen and oxygen atoms in total. The highest BCUT2D eigenvalue weighted by Gasteiger charge is 2.40. The highest BCUT2D eigenvalue weighted by molar-refractivity contribution is 6.42. The molecule has 2 atom stereocenters. The van der Waals surface area contributed by atoms with Crippen LogP contribution >= 0.6 is 23.2 Å². The summed E-state index contributed by atoms with van der Waals surface area (Å²) in [6.45, 7) is 2.56. The van der Waals surface area contributed by atoms with Gasteiger partial charge in [0.15, 0.2) is 0 Å². The molecule has 34 heavy (non-hydrogen) atoms. The van der Waals surface area contributed by atoms with Crippen LogP contribution in [0.5, 0.6) is 0 Å². The predicted octanol–water partition coefficient (Wildman–Crippen LogP) is 4.16. The van der Waals surface area contributed by atoms with Crippen LogP contribution in [0.4, 0.5) is 0 Å². The monoisotopic (exact) mass is 505 g/mol. The van der Waals surface area contributed by atoms with Crippen LogP contribution in [-0.2, 0) is 29.5 Å². The van der Waals surface area contributed by atoms with Crippen molar-refractivity contribution in [3.63, 3.8) is 0 Å². The summed E-state index contributed by atoms with van der Waals surface area (Å²) in [6.07, 6.45) is 6.35. The minimum Gasteiger partial charge on any atom is -0.385 e. The van der Waals surface area contributed by atoms with Gasteiger partial charge in [-0.25, -0.2) is 0 Å². The number of hydrogen-bond acceptors (Lipinski definition) is 4. The highest BCUT2D eigenvalue weighted by Crippen LogP contribution is 2.37. The van der Waals surface area contributed by atoms with Crippen molar-refractivity contribution in [1.29, 1.82) is 0 Å². The lowest BCUT2D eigenvalue weighted by Crippen LogP contribution is -2.47. The second kappa shape index (κ2) is 11.3. The van der Waals surface area contributed by atoms with E-state index in [0.717, 1.165) is 55.3 Å². The fourth-order valence-corrected chi connectivity index (χ4v) is 5.30. The second-order valence-corrected chi connectivity index (χ2v) is 10.2. The van der Waals surface area contributed by atoms with Gasteiger partial charge in [-0.2, -0.15) is 0 Å². The summed E-state index contributed by atoms with van der Waals surface area (Å²) in [7, 11) is 3.43. The van der Waals surface area contributed by atoms with Gasteiger partial charge in [0.2, 0.25) is 5.91 Å². The summed E-state index contributed by atoms with van der Waals surface area (Å²) in [6, 6.07) is 7.86. The van der Waals surface area contributed by atoms with E-state index in [4.69, 9.17) is 27.9 Å². The number of benzene rings is 1. The summed E-state index contributed by atoms with van der Waals surface area (Å²) in [5.74, 6) is -0.0821.